The van der Waals surface area contributed by atoms with Gasteiger partial charge in [0, 0.05) is 10.6 Å². The van der Waals surface area contributed by atoms with E-state index < -0.39 is 24.3 Å². The number of anilines is 3. The third-order valence-electron chi connectivity index (χ3n) is 4.99. The summed E-state index contributed by atoms with van der Waals surface area (Å²) in [7, 11) is 0. The molecule has 0 saturated heterocycles. The van der Waals surface area contributed by atoms with Crippen LogP contribution in [0.3, 0.4) is 0 Å². The Morgan fingerprint density at radius 2 is 1.76 bits per heavy atom. The summed E-state index contributed by atoms with van der Waals surface area (Å²) >= 11 is 5.97. The molecule has 1 aliphatic carbocycles. The van der Waals surface area contributed by atoms with E-state index in [0.717, 1.165) is 23.4 Å². The van der Waals surface area contributed by atoms with E-state index in [2.05, 4.69) is 20.3 Å². The summed E-state index contributed by atoms with van der Waals surface area (Å²) in [6.45, 7) is -1.57. The third-order valence-corrected chi connectivity index (χ3v) is 5.24. The number of carbonyl (C=O) groups excluding carboxylic acids is 1. The molecule has 0 spiro atoms. The van der Waals surface area contributed by atoms with Crippen LogP contribution in [0.15, 0.2) is 48.5 Å². The van der Waals surface area contributed by atoms with Crippen molar-refractivity contribution in [3.8, 4) is 6.01 Å². The lowest BCUT2D eigenvalue weighted by Crippen LogP contribution is -2.29. The Morgan fingerprint density at radius 1 is 1.09 bits per heavy atom. The summed E-state index contributed by atoms with van der Waals surface area (Å²) in [6, 6.07) is 12.8. The minimum Gasteiger partial charge on any atom is -0.454 e. The average Bonchev–Trinajstić information content (AvgIpc) is 3.57. The molecule has 33 heavy (non-hydrogen) atoms. The first-order valence-electron chi connectivity index (χ1n) is 9.77. The number of nitrogens with two attached hydrogens (primary N) is 1. The molecule has 1 fully saturated rings. The monoisotopic (exact) mass is 478 g/mol. The maximum atomic E-state index is 12.7. The smallest absolute Gasteiger partial charge is 0.422 e. The lowest BCUT2D eigenvalue weighted by atomic mass is 10.1. The van der Waals surface area contributed by atoms with Crippen LogP contribution >= 0.6 is 11.6 Å². The molecule has 3 N–H and O–H groups in total. The fourth-order valence-electron chi connectivity index (χ4n) is 3.14. The Kier molecular flexibility index (Phi) is 6.09. The molecule has 0 radical (unpaired) electrons. The number of nitrogens with one attached hydrogen (secondary N) is 1. The van der Waals surface area contributed by atoms with Gasteiger partial charge >= 0.3 is 12.2 Å². The summed E-state index contributed by atoms with van der Waals surface area (Å²) in [5.74, 6) is 5.97. The minimum atomic E-state index is -4.57. The molecule has 1 aromatic heterocycles. The highest BCUT2D eigenvalue weighted by atomic mass is 35.5. The predicted octanol–water partition coefficient (Wildman–Crippen LogP) is 4.39. The van der Waals surface area contributed by atoms with Crippen LogP contribution in [0, 0.1) is 0 Å². The molecule has 1 heterocycles. The van der Waals surface area contributed by atoms with E-state index in [9.17, 15) is 18.0 Å². The summed E-state index contributed by atoms with van der Waals surface area (Å²) in [6.07, 6.45) is -2.39. The van der Waals surface area contributed by atoms with Crippen molar-refractivity contribution in [1.29, 1.82) is 0 Å². The first-order chi connectivity index (χ1) is 15.7. The zero-order valence-electron chi connectivity index (χ0n) is 17.0. The molecule has 172 valence electrons. The van der Waals surface area contributed by atoms with Crippen LogP contribution in [0.25, 0.3) is 0 Å². The van der Waals surface area contributed by atoms with Crippen LogP contribution in [0.5, 0.6) is 6.01 Å². The van der Waals surface area contributed by atoms with Crippen molar-refractivity contribution in [1.82, 2.24) is 15.0 Å². The average molecular weight is 479 g/mol. The van der Waals surface area contributed by atoms with Crippen molar-refractivity contribution in [2.75, 3.05) is 16.9 Å². The first-order valence-corrected chi connectivity index (χ1v) is 10.2. The summed E-state index contributed by atoms with van der Waals surface area (Å²) < 4.78 is 42.8. The fourth-order valence-corrected chi connectivity index (χ4v) is 3.27. The van der Waals surface area contributed by atoms with E-state index in [0.29, 0.717) is 22.6 Å². The number of benzene rings is 2. The number of rotatable bonds is 8. The summed E-state index contributed by atoms with van der Waals surface area (Å²) in [4.78, 5) is 23.1. The second kappa shape index (κ2) is 8.83. The molecule has 1 aliphatic rings. The van der Waals surface area contributed by atoms with E-state index >= 15 is 0 Å². The van der Waals surface area contributed by atoms with Gasteiger partial charge in [-0.25, -0.2) is 10.9 Å². The molecular weight excluding hydrogens is 461 g/mol. The molecule has 8 nitrogen and oxygen atoms in total. The van der Waals surface area contributed by atoms with Crippen molar-refractivity contribution in [2.24, 2.45) is 5.84 Å². The highest BCUT2D eigenvalue weighted by Crippen LogP contribution is 2.48. The third kappa shape index (κ3) is 5.49. The molecule has 4 rings (SSSR count). The van der Waals surface area contributed by atoms with Crippen molar-refractivity contribution < 1.29 is 22.7 Å². The molecule has 0 amide bonds. The Hall–Kier alpha value is -3.44. The van der Waals surface area contributed by atoms with Crippen molar-refractivity contribution >= 4 is 35.5 Å². The number of halogens is 4. The second-order valence-corrected chi connectivity index (χ2v) is 7.88. The van der Waals surface area contributed by atoms with Gasteiger partial charge in [-0.05, 0) is 54.8 Å². The van der Waals surface area contributed by atoms with Crippen molar-refractivity contribution in [3.63, 3.8) is 0 Å². The zero-order chi connectivity index (χ0) is 23.6. The molecule has 0 aliphatic heterocycles. The number of nitrogens with zero attached hydrogens (tertiary/aromatic N) is 4. The number of ether oxygens (including phenoxy) is 1. The number of hydrazine groups is 1. The lowest BCUT2D eigenvalue weighted by molar-refractivity contribution is -0.154. The highest BCUT2D eigenvalue weighted by Gasteiger charge is 2.45. The number of hydrogen-bond acceptors (Lipinski definition) is 8. The SMILES string of the molecule is NN(c1ccc(C=O)cc1)c1nc(NC2(c3ccc(Cl)cc3)CC2)nc(OCC(F)(F)F)n1. The van der Waals surface area contributed by atoms with Crippen LogP contribution in [-0.4, -0.2) is 34.0 Å². The maximum Gasteiger partial charge on any atom is 0.422 e. The topological polar surface area (TPSA) is 106 Å². The van der Waals surface area contributed by atoms with E-state index in [1.807, 2.05) is 12.1 Å². The maximum absolute atomic E-state index is 12.7. The number of carbonyl (C=O) groups is 1. The number of alkyl halides is 3. The van der Waals surface area contributed by atoms with Crippen LogP contribution < -0.4 is 20.9 Å². The van der Waals surface area contributed by atoms with Crippen LogP contribution in [0.1, 0.15) is 28.8 Å². The van der Waals surface area contributed by atoms with Gasteiger partial charge in [-0.1, -0.05) is 23.7 Å². The van der Waals surface area contributed by atoms with Crippen LogP contribution in [0.2, 0.25) is 5.02 Å². The highest BCUT2D eigenvalue weighted by molar-refractivity contribution is 6.30. The standard InChI is InChI=1S/C21H18ClF3N6O2/c22-15-5-3-14(4-6-15)20(9-10-20)30-17-27-18(29-19(28-17)33-12-21(23,24)25)31(26)16-7-1-13(11-32)2-8-16/h1-8,11H,9-10,12,26H2,(H,27,28,29,30). The molecular formula is C21H18ClF3N6O2. The molecule has 0 unspecified atom stereocenters. The van der Waals surface area contributed by atoms with E-state index in [4.69, 9.17) is 22.2 Å². The zero-order valence-corrected chi connectivity index (χ0v) is 17.8. The number of hydrogen-bond donors (Lipinski definition) is 2. The Labute approximate surface area is 191 Å². The van der Waals surface area contributed by atoms with Crippen LogP contribution in [-0.2, 0) is 5.54 Å². The Bertz CT molecular complexity index is 1140. The lowest BCUT2D eigenvalue weighted by Gasteiger charge is -2.21. The molecule has 0 bridgehead atoms. The van der Waals surface area contributed by atoms with Gasteiger partial charge in [-0.15, -0.1) is 0 Å². The van der Waals surface area contributed by atoms with Gasteiger partial charge in [0.1, 0.15) is 6.29 Å². The van der Waals surface area contributed by atoms with Gasteiger partial charge in [0.05, 0.1) is 11.2 Å². The molecule has 2 aromatic carbocycles. The van der Waals surface area contributed by atoms with E-state index in [1.54, 1.807) is 24.3 Å². The van der Waals surface area contributed by atoms with Crippen molar-refractivity contribution in [3.05, 3.63) is 64.7 Å². The fraction of sp³-hybridized carbons (Fsp3) is 0.238. The second-order valence-electron chi connectivity index (χ2n) is 7.44. The van der Waals surface area contributed by atoms with Gasteiger partial charge in [-0.3, -0.25) is 4.79 Å². The van der Waals surface area contributed by atoms with Gasteiger partial charge in [0.25, 0.3) is 5.95 Å². The molecule has 3 aromatic rings. The van der Waals surface area contributed by atoms with Gasteiger partial charge in [0.15, 0.2) is 6.61 Å². The van der Waals surface area contributed by atoms with Crippen molar-refractivity contribution in [2.45, 2.75) is 24.6 Å². The summed E-state index contributed by atoms with van der Waals surface area (Å²) in [5.41, 5.74) is 1.27. The Morgan fingerprint density at radius 3 is 2.33 bits per heavy atom. The predicted molar refractivity (Wildman–Crippen MR) is 116 cm³/mol. The minimum absolute atomic E-state index is 0.00425. The Balaban J connectivity index is 1.65. The van der Waals surface area contributed by atoms with Gasteiger partial charge in [-0.2, -0.15) is 28.1 Å². The molecule has 1 saturated carbocycles. The van der Waals surface area contributed by atoms with Crippen LogP contribution in [0.4, 0.5) is 30.8 Å². The summed E-state index contributed by atoms with van der Waals surface area (Å²) in [5, 5.41) is 4.81. The van der Waals surface area contributed by atoms with E-state index in [1.165, 1.54) is 12.1 Å². The first kappa shape index (κ1) is 22.7. The molecule has 12 heteroatoms. The number of aromatic nitrogens is 3. The van der Waals surface area contributed by atoms with Gasteiger partial charge < -0.3 is 10.1 Å². The largest absolute Gasteiger partial charge is 0.454 e. The van der Waals surface area contributed by atoms with E-state index in [-0.39, 0.29) is 11.9 Å². The molecule has 0 atom stereocenters. The van der Waals surface area contributed by atoms with Gasteiger partial charge in [0.2, 0.25) is 5.95 Å². The number of aldehydes is 1. The normalized spacial score (nSPS) is 14.5. The quantitative estimate of drug-likeness (QED) is 0.279.